The highest BCUT2D eigenvalue weighted by molar-refractivity contribution is 6.30. The number of aromatic nitrogens is 1. The van der Waals surface area contributed by atoms with Crippen LogP contribution in [0, 0.1) is 0 Å². The summed E-state index contributed by atoms with van der Waals surface area (Å²) in [5.74, 6) is -0.255. The molecule has 92 valence electrons. The summed E-state index contributed by atoms with van der Waals surface area (Å²) >= 11 is 5.76. The van der Waals surface area contributed by atoms with Gasteiger partial charge in [-0.15, -0.1) is 0 Å². The third-order valence-electron chi connectivity index (χ3n) is 2.34. The summed E-state index contributed by atoms with van der Waals surface area (Å²) < 4.78 is 0. The van der Waals surface area contributed by atoms with Crippen LogP contribution in [0.3, 0.4) is 0 Å². The van der Waals surface area contributed by atoms with Crippen LogP contribution in [0.15, 0.2) is 42.6 Å². The van der Waals surface area contributed by atoms with Gasteiger partial charge in [0.2, 0.25) is 0 Å². The smallest absolute Gasteiger partial charge is 0.255 e. The number of hydrogen-bond acceptors (Lipinski definition) is 3. The van der Waals surface area contributed by atoms with Gasteiger partial charge in [-0.05, 0) is 36.4 Å². The minimum atomic E-state index is -0.255. The van der Waals surface area contributed by atoms with Gasteiger partial charge < -0.3 is 10.4 Å². The van der Waals surface area contributed by atoms with Gasteiger partial charge in [-0.1, -0.05) is 11.6 Å². The van der Waals surface area contributed by atoms with Crippen LogP contribution in [0.1, 0.15) is 16.1 Å². The zero-order valence-corrected chi connectivity index (χ0v) is 10.2. The molecule has 0 radical (unpaired) electrons. The highest BCUT2D eigenvalue weighted by atomic mass is 35.5. The third kappa shape index (κ3) is 3.06. The Labute approximate surface area is 109 Å². The molecule has 2 N–H and O–H groups in total. The summed E-state index contributed by atoms with van der Waals surface area (Å²) in [7, 11) is 0. The van der Waals surface area contributed by atoms with Crippen molar-refractivity contribution in [3.05, 3.63) is 58.9 Å². The highest BCUT2D eigenvalue weighted by Gasteiger charge is 2.07. The zero-order valence-electron chi connectivity index (χ0n) is 9.43. The molecule has 1 amide bonds. The Bertz CT molecular complexity index is 555. The van der Waals surface area contributed by atoms with Crippen LogP contribution in [-0.2, 0) is 6.61 Å². The first kappa shape index (κ1) is 12.5. The number of hydrogen-bond donors (Lipinski definition) is 2. The van der Waals surface area contributed by atoms with E-state index in [2.05, 4.69) is 10.3 Å². The van der Waals surface area contributed by atoms with Crippen LogP contribution in [0.4, 0.5) is 5.69 Å². The van der Waals surface area contributed by atoms with Crippen LogP contribution in [0.2, 0.25) is 5.02 Å². The normalized spacial score (nSPS) is 10.1. The van der Waals surface area contributed by atoms with Crippen LogP contribution >= 0.6 is 11.6 Å². The van der Waals surface area contributed by atoms with E-state index in [4.69, 9.17) is 16.7 Å². The Hall–Kier alpha value is -1.91. The van der Waals surface area contributed by atoms with Crippen molar-refractivity contribution >= 4 is 23.2 Å². The van der Waals surface area contributed by atoms with E-state index >= 15 is 0 Å². The molecule has 0 atom stereocenters. The van der Waals surface area contributed by atoms with E-state index in [1.54, 1.807) is 36.4 Å². The first-order valence-corrected chi connectivity index (χ1v) is 5.69. The monoisotopic (exact) mass is 262 g/mol. The van der Waals surface area contributed by atoms with Crippen molar-refractivity contribution in [3.8, 4) is 0 Å². The van der Waals surface area contributed by atoms with Crippen molar-refractivity contribution in [2.75, 3.05) is 5.32 Å². The summed E-state index contributed by atoms with van der Waals surface area (Å²) in [6, 6.07) is 9.96. The molecule has 0 saturated carbocycles. The molecule has 18 heavy (non-hydrogen) atoms. The number of anilines is 1. The summed E-state index contributed by atoms with van der Waals surface area (Å²) in [4.78, 5) is 15.8. The van der Waals surface area contributed by atoms with E-state index in [1.165, 1.54) is 6.20 Å². The number of nitrogens with one attached hydrogen (secondary N) is 1. The molecule has 1 aromatic heterocycles. The summed E-state index contributed by atoms with van der Waals surface area (Å²) in [5.41, 5.74) is 1.56. The number of nitrogens with zero attached hydrogens (tertiary/aromatic N) is 1. The lowest BCUT2D eigenvalue weighted by Crippen LogP contribution is -2.12. The molecule has 0 unspecified atom stereocenters. The fraction of sp³-hybridized carbons (Fsp3) is 0.0769. The van der Waals surface area contributed by atoms with Crippen molar-refractivity contribution in [1.29, 1.82) is 0 Å². The van der Waals surface area contributed by atoms with E-state index < -0.39 is 0 Å². The molecular formula is C13H11ClN2O2. The third-order valence-corrected chi connectivity index (χ3v) is 2.59. The first-order chi connectivity index (χ1) is 8.69. The SMILES string of the molecule is O=C(Nc1ccc(Cl)cc1)c1ccnc(CO)c1. The van der Waals surface area contributed by atoms with Crippen LogP contribution in [0.5, 0.6) is 0 Å². The number of aliphatic hydroxyl groups excluding tert-OH is 1. The lowest BCUT2D eigenvalue weighted by atomic mass is 10.2. The second-order valence-electron chi connectivity index (χ2n) is 3.65. The van der Waals surface area contributed by atoms with Gasteiger partial charge in [0.05, 0.1) is 12.3 Å². The number of halogens is 1. The molecule has 0 aliphatic rings. The van der Waals surface area contributed by atoms with E-state index in [1.807, 2.05) is 0 Å². The van der Waals surface area contributed by atoms with Crippen molar-refractivity contribution in [2.24, 2.45) is 0 Å². The lowest BCUT2D eigenvalue weighted by molar-refractivity contribution is 0.102. The standard InChI is InChI=1S/C13H11ClN2O2/c14-10-1-3-11(4-2-10)16-13(18)9-5-6-15-12(7-9)8-17/h1-7,17H,8H2,(H,16,18). The summed E-state index contributed by atoms with van der Waals surface area (Å²) in [6.07, 6.45) is 1.49. The second kappa shape index (κ2) is 5.62. The molecule has 0 saturated heterocycles. The molecule has 1 aromatic carbocycles. The molecule has 0 fully saturated rings. The van der Waals surface area contributed by atoms with Gasteiger partial charge in [0.1, 0.15) is 0 Å². The zero-order chi connectivity index (χ0) is 13.0. The Morgan fingerprint density at radius 2 is 2.00 bits per heavy atom. The van der Waals surface area contributed by atoms with Crippen LogP contribution < -0.4 is 5.32 Å². The maximum atomic E-state index is 11.9. The highest BCUT2D eigenvalue weighted by Crippen LogP contribution is 2.14. The van der Waals surface area contributed by atoms with Crippen molar-refractivity contribution in [1.82, 2.24) is 4.98 Å². The first-order valence-electron chi connectivity index (χ1n) is 5.32. The molecule has 0 bridgehead atoms. The number of amides is 1. The molecule has 4 nitrogen and oxygen atoms in total. The van der Waals surface area contributed by atoms with Crippen molar-refractivity contribution in [3.63, 3.8) is 0 Å². The van der Waals surface area contributed by atoms with Crippen molar-refractivity contribution < 1.29 is 9.90 Å². The summed E-state index contributed by atoms with van der Waals surface area (Å²) in [5, 5.41) is 12.3. The maximum absolute atomic E-state index is 11.9. The minimum absolute atomic E-state index is 0.192. The quantitative estimate of drug-likeness (QED) is 0.893. The van der Waals surface area contributed by atoms with Gasteiger partial charge in [0.25, 0.3) is 5.91 Å². The molecule has 5 heteroatoms. The van der Waals surface area contributed by atoms with E-state index in [0.29, 0.717) is 22.0 Å². The molecule has 2 aromatic rings. The van der Waals surface area contributed by atoms with Gasteiger partial charge in [-0.2, -0.15) is 0 Å². The van der Waals surface area contributed by atoms with Crippen LogP contribution in [0.25, 0.3) is 0 Å². The van der Waals surface area contributed by atoms with Gasteiger partial charge in [-0.25, -0.2) is 0 Å². The number of aliphatic hydroxyl groups is 1. The Balaban J connectivity index is 2.14. The largest absolute Gasteiger partial charge is 0.390 e. The average molecular weight is 263 g/mol. The Morgan fingerprint density at radius 3 is 2.67 bits per heavy atom. The number of carbonyl (C=O) groups excluding carboxylic acids is 1. The minimum Gasteiger partial charge on any atom is -0.390 e. The maximum Gasteiger partial charge on any atom is 0.255 e. The fourth-order valence-corrected chi connectivity index (χ4v) is 1.57. The molecule has 0 aliphatic heterocycles. The lowest BCUT2D eigenvalue weighted by Gasteiger charge is -2.05. The molecule has 0 spiro atoms. The number of rotatable bonds is 3. The predicted octanol–water partition coefficient (Wildman–Crippen LogP) is 2.48. The van der Waals surface area contributed by atoms with Gasteiger partial charge in [-0.3, -0.25) is 9.78 Å². The Morgan fingerprint density at radius 1 is 1.28 bits per heavy atom. The number of pyridine rings is 1. The number of benzene rings is 1. The van der Waals surface area contributed by atoms with E-state index in [9.17, 15) is 4.79 Å². The molecule has 1 heterocycles. The second-order valence-corrected chi connectivity index (χ2v) is 4.09. The van der Waals surface area contributed by atoms with Crippen LogP contribution in [-0.4, -0.2) is 16.0 Å². The van der Waals surface area contributed by atoms with E-state index in [-0.39, 0.29) is 12.5 Å². The van der Waals surface area contributed by atoms with Gasteiger partial charge in [0, 0.05) is 22.5 Å². The number of carbonyl (C=O) groups is 1. The van der Waals surface area contributed by atoms with Gasteiger partial charge in [0.15, 0.2) is 0 Å². The Kier molecular flexibility index (Phi) is 3.92. The average Bonchev–Trinajstić information content (AvgIpc) is 2.41. The molecule has 2 rings (SSSR count). The molecular weight excluding hydrogens is 252 g/mol. The van der Waals surface area contributed by atoms with E-state index in [0.717, 1.165) is 0 Å². The fourth-order valence-electron chi connectivity index (χ4n) is 1.44. The predicted molar refractivity (Wildman–Crippen MR) is 69.6 cm³/mol. The topological polar surface area (TPSA) is 62.2 Å². The van der Waals surface area contributed by atoms with Crippen molar-refractivity contribution in [2.45, 2.75) is 6.61 Å². The summed E-state index contributed by atoms with van der Waals surface area (Å²) in [6.45, 7) is -0.192. The van der Waals surface area contributed by atoms with Gasteiger partial charge >= 0.3 is 0 Å². The molecule has 0 aliphatic carbocycles.